The first kappa shape index (κ1) is 65.3. The van der Waals surface area contributed by atoms with Crippen molar-refractivity contribution in [2.75, 3.05) is 6.61 Å². The molecule has 0 heterocycles. The summed E-state index contributed by atoms with van der Waals surface area (Å²) in [6, 6.07) is -0.559. The largest absolute Gasteiger partial charge is 0.394 e. The monoisotopic (exact) mass is 944 g/mol. The van der Waals surface area contributed by atoms with Gasteiger partial charge in [-0.1, -0.05) is 297 Å². The fraction of sp³-hybridized carbons (Fsp3) is 0.734. The van der Waals surface area contributed by atoms with Crippen LogP contribution in [-0.4, -0.2) is 34.9 Å². The van der Waals surface area contributed by atoms with Crippen molar-refractivity contribution in [1.29, 1.82) is 0 Å². The SMILES string of the molecule is CC/C=C\C/C=C\C/C=C\C/C=C\C/C=C\C/C=C\C/C=C\C/C=C\CCCCCCC(=O)NC(CO)C(O)CCCCCCCCCCCCCCCCCCCCCCCCCCCCC. The molecule has 0 aromatic rings. The first-order valence-electron chi connectivity index (χ1n) is 29.4. The van der Waals surface area contributed by atoms with E-state index in [2.05, 4.69) is 116 Å². The van der Waals surface area contributed by atoms with Crippen molar-refractivity contribution in [2.45, 2.75) is 296 Å². The molecule has 0 fully saturated rings. The maximum atomic E-state index is 12.5. The van der Waals surface area contributed by atoms with Crippen molar-refractivity contribution in [3.63, 3.8) is 0 Å². The Balaban J connectivity index is 3.57. The lowest BCUT2D eigenvalue weighted by Crippen LogP contribution is -2.45. The van der Waals surface area contributed by atoms with Crippen LogP contribution in [0.3, 0.4) is 0 Å². The van der Waals surface area contributed by atoms with Crippen molar-refractivity contribution in [1.82, 2.24) is 5.32 Å². The van der Waals surface area contributed by atoms with Gasteiger partial charge in [0.2, 0.25) is 5.91 Å². The Morgan fingerprint density at radius 2 is 0.647 bits per heavy atom. The molecule has 0 rings (SSSR count). The Hall–Kier alpha value is -2.69. The van der Waals surface area contributed by atoms with E-state index in [-0.39, 0.29) is 12.5 Å². The van der Waals surface area contributed by atoms with E-state index in [0.717, 1.165) is 96.3 Å². The van der Waals surface area contributed by atoms with Crippen molar-refractivity contribution in [2.24, 2.45) is 0 Å². The number of unbranched alkanes of at least 4 members (excludes halogenated alkanes) is 30. The van der Waals surface area contributed by atoms with Gasteiger partial charge in [0.05, 0.1) is 18.8 Å². The van der Waals surface area contributed by atoms with Crippen LogP contribution in [0.2, 0.25) is 0 Å². The van der Waals surface area contributed by atoms with E-state index in [0.29, 0.717) is 12.8 Å². The number of amides is 1. The molecule has 2 unspecified atom stereocenters. The van der Waals surface area contributed by atoms with Crippen LogP contribution in [0.4, 0.5) is 0 Å². The molecule has 0 aliphatic heterocycles. The van der Waals surface area contributed by atoms with Crippen LogP contribution in [0, 0.1) is 0 Å². The summed E-state index contributed by atoms with van der Waals surface area (Å²) < 4.78 is 0. The number of allylic oxidation sites excluding steroid dienone is 16. The summed E-state index contributed by atoms with van der Waals surface area (Å²) in [7, 11) is 0. The van der Waals surface area contributed by atoms with Crippen LogP contribution in [0.15, 0.2) is 97.2 Å². The van der Waals surface area contributed by atoms with Gasteiger partial charge in [0, 0.05) is 6.42 Å². The van der Waals surface area contributed by atoms with Gasteiger partial charge in [-0.25, -0.2) is 0 Å². The number of nitrogens with one attached hydrogen (secondary N) is 1. The van der Waals surface area contributed by atoms with Crippen molar-refractivity contribution in [3.05, 3.63) is 97.2 Å². The summed E-state index contributed by atoms with van der Waals surface area (Å²) >= 11 is 0. The van der Waals surface area contributed by atoms with Gasteiger partial charge < -0.3 is 15.5 Å². The molecule has 0 aromatic carbocycles. The average molecular weight is 945 g/mol. The van der Waals surface area contributed by atoms with Crippen LogP contribution < -0.4 is 5.32 Å². The van der Waals surface area contributed by atoms with Crippen LogP contribution in [0.5, 0.6) is 0 Å². The minimum atomic E-state index is -0.679. The second kappa shape index (κ2) is 58.6. The van der Waals surface area contributed by atoms with Gasteiger partial charge in [-0.15, -0.1) is 0 Å². The smallest absolute Gasteiger partial charge is 0.220 e. The normalized spacial score (nSPS) is 13.5. The maximum absolute atomic E-state index is 12.5. The lowest BCUT2D eigenvalue weighted by Gasteiger charge is -2.22. The van der Waals surface area contributed by atoms with Crippen molar-refractivity contribution < 1.29 is 15.0 Å². The Labute approximate surface area is 424 Å². The standard InChI is InChI=1S/C64H113NO3/c1-3-5-7-9-11-13-15-17-19-21-23-25-27-29-31-32-34-36-38-40-42-44-46-48-50-52-54-56-58-60-64(68)65-62(61-66)63(67)59-57-55-53-51-49-47-45-43-41-39-37-35-33-30-28-26-24-22-20-18-16-14-12-10-8-6-4-2/h5,7,11,13,17,19,23,25,29,31,34,36,40,42,46,48,62-63,66-67H,3-4,6,8-10,12,14-16,18,20-22,24,26-28,30,32-33,35,37-39,41,43-45,47,49-61H2,1-2H3,(H,65,68)/b7-5-,13-11-,19-17-,25-23-,31-29-,36-34-,42-40-,48-46-. The van der Waals surface area contributed by atoms with Crippen LogP contribution >= 0.6 is 0 Å². The third-order valence-corrected chi connectivity index (χ3v) is 13.1. The summed E-state index contributed by atoms with van der Waals surface area (Å²) in [5.74, 6) is -0.0565. The van der Waals surface area contributed by atoms with Gasteiger partial charge >= 0.3 is 0 Å². The van der Waals surface area contributed by atoms with E-state index in [1.807, 2.05) is 0 Å². The zero-order chi connectivity index (χ0) is 49.2. The van der Waals surface area contributed by atoms with Gasteiger partial charge in [0.25, 0.3) is 0 Å². The number of carbonyl (C=O) groups excluding carboxylic acids is 1. The second-order valence-corrected chi connectivity index (χ2v) is 19.7. The Kier molecular flexibility index (Phi) is 56.3. The molecule has 0 aliphatic carbocycles. The summed E-state index contributed by atoms with van der Waals surface area (Å²) in [6.07, 6.45) is 86.8. The van der Waals surface area contributed by atoms with E-state index < -0.39 is 12.1 Å². The van der Waals surface area contributed by atoms with E-state index in [9.17, 15) is 15.0 Å². The summed E-state index contributed by atoms with van der Waals surface area (Å²) in [5.41, 5.74) is 0. The Morgan fingerprint density at radius 1 is 0.368 bits per heavy atom. The predicted molar refractivity (Wildman–Crippen MR) is 303 cm³/mol. The molecule has 0 radical (unpaired) electrons. The molecule has 2 atom stereocenters. The van der Waals surface area contributed by atoms with E-state index in [4.69, 9.17) is 0 Å². The van der Waals surface area contributed by atoms with Gasteiger partial charge in [0.15, 0.2) is 0 Å². The molecule has 4 nitrogen and oxygen atoms in total. The number of rotatable bonds is 53. The molecular formula is C64H113NO3. The minimum absolute atomic E-state index is 0.0565. The number of aliphatic hydroxyl groups excluding tert-OH is 2. The number of carbonyl (C=O) groups is 1. The van der Waals surface area contributed by atoms with E-state index in [1.165, 1.54) is 161 Å². The van der Waals surface area contributed by atoms with Gasteiger partial charge in [-0.2, -0.15) is 0 Å². The van der Waals surface area contributed by atoms with Crippen LogP contribution in [0.1, 0.15) is 284 Å². The second-order valence-electron chi connectivity index (χ2n) is 19.7. The first-order valence-corrected chi connectivity index (χ1v) is 29.4. The molecule has 68 heavy (non-hydrogen) atoms. The molecular weight excluding hydrogens is 831 g/mol. The minimum Gasteiger partial charge on any atom is -0.394 e. The fourth-order valence-corrected chi connectivity index (χ4v) is 8.67. The molecule has 0 aliphatic rings. The highest BCUT2D eigenvalue weighted by Gasteiger charge is 2.20. The Bertz CT molecular complexity index is 1250. The Morgan fingerprint density at radius 3 is 0.971 bits per heavy atom. The molecule has 1 amide bonds. The highest BCUT2D eigenvalue weighted by Crippen LogP contribution is 2.17. The molecule has 0 spiro atoms. The molecule has 0 bridgehead atoms. The van der Waals surface area contributed by atoms with Crippen LogP contribution in [-0.2, 0) is 4.79 Å². The molecule has 0 aromatic heterocycles. The summed E-state index contributed by atoms with van der Waals surface area (Å²) in [4.78, 5) is 12.5. The molecule has 0 saturated heterocycles. The topological polar surface area (TPSA) is 69.6 Å². The highest BCUT2D eigenvalue weighted by atomic mass is 16.3. The summed E-state index contributed by atoms with van der Waals surface area (Å²) in [5, 5.41) is 23.4. The molecule has 4 heteroatoms. The fourth-order valence-electron chi connectivity index (χ4n) is 8.67. The zero-order valence-corrected chi connectivity index (χ0v) is 45.1. The summed E-state index contributed by atoms with van der Waals surface area (Å²) in [6.45, 7) is 4.25. The van der Waals surface area contributed by atoms with Crippen molar-refractivity contribution >= 4 is 5.91 Å². The maximum Gasteiger partial charge on any atom is 0.220 e. The van der Waals surface area contributed by atoms with Crippen molar-refractivity contribution in [3.8, 4) is 0 Å². The van der Waals surface area contributed by atoms with E-state index >= 15 is 0 Å². The predicted octanol–water partition coefficient (Wildman–Crippen LogP) is 19.7. The van der Waals surface area contributed by atoms with Crippen LogP contribution in [0.25, 0.3) is 0 Å². The number of hydrogen-bond donors (Lipinski definition) is 3. The van der Waals surface area contributed by atoms with E-state index in [1.54, 1.807) is 0 Å². The van der Waals surface area contributed by atoms with Gasteiger partial charge in [-0.3, -0.25) is 4.79 Å². The van der Waals surface area contributed by atoms with Gasteiger partial charge in [0.1, 0.15) is 0 Å². The molecule has 3 N–H and O–H groups in total. The first-order chi connectivity index (χ1) is 33.7. The quantitative estimate of drug-likeness (QED) is 0.0420. The third kappa shape index (κ3) is 54.3. The highest BCUT2D eigenvalue weighted by molar-refractivity contribution is 5.76. The van der Waals surface area contributed by atoms with Gasteiger partial charge in [-0.05, 0) is 77.0 Å². The zero-order valence-electron chi connectivity index (χ0n) is 45.1. The lowest BCUT2D eigenvalue weighted by atomic mass is 10.0. The number of aliphatic hydroxyl groups is 2. The third-order valence-electron chi connectivity index (χ3n) is 13.1. The lowest BCUT2D eigenvalue weighted by molar-refractivity contribution is -0.123. The molecule has 0 saturated carbocycles. The number of hydrogen-bond acceptors (Lipinski definition) is 3. The molecule has 392 valence electrons. The average Bonchev–Trinajstić information content (AvgIpc) is 3.34.